The van der Waals surface area contributed by atoms with Gasteiger partial charge in [0.05, 0.1) is 29.3 Å². The van der Waals surface area contributed by atoms with Crippen LogP contribution in [0.3, 0.4) is 0 Å². The molecule has 5 N–H and O–H groups in total. The number of pyridine rings is 1. The van der Waals surface area contributed by atoms with E-state index in [4.69, 9.17) is 54.1 Å². The molecule has 0 amide bonds. The smallest absolute Gasteiger partial charge is 0.128 e. The van der Waals surface area contributed by atoms with Gasteiger partial charge in [-0.1, -0.05) is 11.6 Å². The molecule has 0 aliphatic heterocycles. The van der Waals surface area contributed by atoms with Crippen LogP contribution in [0.1, 0.15) is 35.6 Å². The van der Waals surface area contributed by atoms with Crippen molar-refractivity contribution >= 4 is 50.6 Å². The van der Waals surface area contributed by atoms with Gasteiger partial charge < -0.3 is 20.3 Å². The number of benzene rings is 3. The van der Waals surface area contributed by atoms with Crippen molar-refractivity contribution in [2.24, 2.45) is 0 Å². The van der Waals surface area contributed by atoms with Crippen molar-refractivity contribution < 1.29 is 34.6 Å². The topological polar surface area (TPSA) is 157 Å². The molecule has 0 aliphatic rings. The number of nitrogens with one attached hydrogen (secondary N) is 1. The molecule has 0 fully saturated rings. The minimum absolute atomic E-state index is 0.0763. The van der Waals surface area contributed by atoms with Gasteiger partial charge in [0.25, 0.3) is 0 Å². The van der Waals surface area contributed by atoms with Crippen molar-refractivity contribution in [3.63, 3.8) is 0 Å². The Labute approximate surface area is 319 Å². The Hall–Kier alpha value is -3.07. The molecule has 1 heterocycles. The minimum atomic E-state index is -0.937. The molecular formula is C37H41AsCl3N3O7. The van der Waals surface area contributed by atoms with Gasteiger partial charge in [-0.3, -0.25) is 4.98 Å². The fourth-order valence-corrected chi connectivity index (χ4v) is 7.85. The van der Waals surface area contributed by atoms with E-state index in [1.807, 2.05) is 36.4 Å². The summed E-state index contributed by atoms with van der Waals surface area (Å²) in [5, 5.41) is 53.3. The number of nitrogens with zero attached hydrogens (tertiary/aromatic N) is 2. The molecule has 0 aliphatic carbocycles. The van der Waals surface area contributed by atoms with Crippen molar-refractivity contribution in [3.8, 4) is 34.4 Å². The van der Waals surface area contributed by atoms with Crippen LogP contribution in [0.4, 0.5) is 0 Å². The second kappa shape index (κ2) is 20.2. The van der Waals surface area contributed by atoms with E-state index >= 15 is 0 Å². The second-order valence-corrected chi connectivity index (χ2v) is 16.1. The molecular weight excluding hydrogens is 780 g/mol. The minimum Gasteiger partial charge on any atom is -0.488 e. The van der Waals surface area contributed by atoms with Crippen molar-refractivity contribution in [1.82, 2.24) is 10.3 Å². The fourth-order valence-electron chi connectivity index (χ4n) is 4.82. The van der Waals surface area contributed by atoms with E-state index < -0.39 is 11.6 Å². The molecule has 51 heavy (non-hydrogen) atoms. The zero-order chi connectivity index (χ0) is 36.8. The van der Waals surface area contributed by atoms with Gasteiger partial charge in [-0.25, -0.2) is 0 Å². The molecule has 0 radical (unpaired) electrons. The van der Waals surface area contributed by atoms with Crippen LogP contribution in [0.5, 0.6) is 17.2 Å². The first-order valence-electron chi connectivity index (χ1n) is 16.2. The van der Waals surface area contributed by atoms with Crippen LogP contribution in [-0.4, -0.2) is 79.2 Å². The summed E-state index contributed by atoms with van der Waals surface area (Å²) >= 11 is 20.1. The fraction of sp³-hybridized carbons (Fsp3) is 0.351. The van der Waals surface area contributed by atoms with E-state index in [2.05, 4.69) is 16.4 Å². The molecule has 1 aromatic heterocycles. The third-order valence-electron chi connectivity index (χ3n) is 7.90. The SMILES string of the molecule is CC(CO)(CO)NCc1cc(Cl)c(OCc2cccc(-c3cccc(OCCC[AsH]C[C@@H](O)CO)c3Cl)c2Cl)cc1OCc1cncc(C#N)c1. The maximum atomic E-state index is 9.77. The van der Waals surface area contributed by atoms with Crippen molar-refractivity contribution in [1.29, 1.82) is 5.26 Å². The molecule has 1 unspecified atom stereocenters. The summed E-state index contributed by atoms with van der Waals surface area (Å²) in [6, 6.07) is 18.2. The van der Waals surface area contributed by atoms with Gasteiger partial charge in [0.1, 0.15) is 24.2 Å². The van der Waals surface area contributed by atoms with E-state index in [9.17, 15) is 20.6 Å². The Bertz CT molecular complexity index is 1790. The average Bonchev–Trinajstić information content (AvgIpc) is 3.15. The third-order valence-corrected chi connectivity index (χ3v) is 12.1. The van der Waals surface area contributed by atoms with Crippen LogP contribution in [0.25, 0.3) is 11.1 Å². The van der Waals surface area contributed by atoms with Crippen LogP contribution in [0, 0.1) is 11.3 Å². The number of rotatable bonds is 20. The Balaban J connectivity index is 1.50. The molecule has 4 rings (SSSR count). The molecule has 272 valence electrons. The summed E-state index contributed by atoms with van der Waals surface area (Å²) in [7, 11) is 0. The van der Waals surface area contributed by atoms with E-state index in [1.54, 1.807) is 31.3 Å². The monoisotopic (exact) mass is 819 g/mol. The molecule has 4 aromatic rings. The van der Waals surface area contributed by atoms with Crippen molar-refractivity contribution in [2.45, 2.75) is 55.2 Å². The first kappa shape index (κ1) is 40.7. The van der Waals surface area contributed by atoms with Gasteiger partial charge in [-0.2, -0.15) is 5.26 Å². The van der Waals surface area contributed by atoms with E-state index in [0.717, 1.165) is 11.6 Å². The molecule has 2 atom stereocenters. The normalized spacial score (nSPS) is 12.2. The van der Waals surface area contributed by atoms with Crippen LogP contribution < -0.4 is 19.5 Å². The van der Waals surface area contributed by atoms with Crippen LogP contribution in [0.2, 0.25) is 25.5 Å². The maximum Gasteiger partial charge on any atom is 0.128 e. The quantitative estimate of drug-likeness (QED) is 0.0532. The Morgan fingerprint density at radius 3 is 2.33 bits per heavy atom. The number of halogens is 3. The molecule has 0 saturated carbocycles. The summed E-state index contributed by atoms with van der Waals surface area (Å²) in [4.78, 5) is 4.10. The van der Waals surface area contributed by atoms with Gasteiger partial charge in [-0.05, 0) is 19.1 Å². The molecule has 0 spiro atoms. The summed E-state index contributed by atoms with van der Waals surface area (Å²) in [6.45, 7) is 1.81. The molecule has 14 heteroatoms. The largest absolute Gasteiger partial charge is 0.488 e. The van der Waals surface area contributed by atoms with Gasteiger partial charge >= 0.3 is 170 Å². The van der Waals surface area contributed by atoms with Gasteiger partial charge in [0.15, 0.2) is 0 Å². The number of nitriles is 1. The Morgan fingerprint density at radius 1 is 0.882 bits per heavy atom. The first-order valence-corrected chi connectivity index (χ1v) is 20.3. The van der Waals surface area contributed by atoms with Gasteiger partial charge in [0, 0.05) is 36.1 Å². The average molecular weight is 821 g/mol. The number of hydrogen-bond donors (Lipinski definition) is 5. The summed E-state index contributed by atoms with van der Waals surface area (Å²) in [6.07, 6.45) is 3.28. The summed E-state index contributed by atoms with van der Waals surface area (Å²) in [5.41, 5.74) is 2.92. The zero-order valence-corrected chi connectivity index (χ0v) is 32.4. The van der Waals surface area contributed by atoms with E-state index in [0.29, 0.717) is 77.5 Å². The van der Waals surface area contributed by atoms with Gasteiger partial charge in [0.2, 0.25) is 0 Å². The summed E-state index contributed by atoms with van der Waals surface area (Å²) < 4.78 is 18.3. The number of hydrogen-bond acceptors (Lipinski definition) is 10. The van der Waals surface area contributed by atoms with Crippen LogP contribution >= 0.6 is 34.8 Å². The van der Waals surface area contributed by atoms with Crippen molar-refractivity contribution in [2.75, 3.05) is 26.4 Å². The molecule has 0 saturated heterocycles. The summed E-state index contributed by atoms with van der Waals surface area (Å²) in [5.74, 6) is 1.33. The predicted molar refractivity (Wildman–Crippen MR) is 200 cm³/mol. The van der Waals surface area contributed by atoms with Crippen LogP contribution in [0.15, 0.2) is 67.0 Å². The zero-order valence-electron chi connectivity index (χ0n) is 28.0. The molecule has 0 bridgehead atoms. The van der Waals surface area contributed by atoms with Crippen molar-refractivity contribution in [3.05, 3.63) is 104 Å². The Morgan fingerprint density at radius 2 is 1.61 bits per heavy atom. The number of aliphatic hydroxyl groups is 4. The molecule has 3 aromatic carbocycles. The van der Waals surface area contributed by atoms with Gasteiger partial charge in [-0.15, -0.1) is 0 Å². The number of ether oxygens (including phenoxy) is 3. The van der Waals surface area contributed by atoms with E-state index in [1.165, 1.54) is 6.20 Å². The third kappa shape index (κ3) is 11.7. The number of aromatic nitrogens is 1. The van der Waals surface area contributed by atoms with E-state index in [-0.39, 0.29) is 55.3 Å². The first-order chi connectivity index (χ1) is 24.6. The predicted octanol–water partition coefficient (Wildman–Crippen LogP) is 5.97. The maximum absolute atomic E-state index is 9.77. The number of aliphatic hydroxyl groups excluding tert-OH is 4. The second-order valence-electron chi connectivity index (χ2n) is 12.0. The Kier molecular flexibility index (Phi) is 16.2. The standard InChI is InChI=1S/C37H41AsCl3N3O7/c1-37(22-46,23-47)44-18-27-12-31(39)34(13-33(27)50-20-25-11-24(15-42)16-43-17-25)51-21-26-5-2-6-29(35(26)40)30-7-3-8-32(36(30)41)49-10-4-9-38-14-28(48)19-45/h2-3,5-8,11-13,16-17,28,38,44-48H,4,9-10,14,18-23H2,1H3/t28-/m1/s1. The molecule has 10 nitrogen and oxygen atoms in total. The van der Waals surface area contributed by atoms with Crippen LogP contribution in [-0.2, 0) is 19.8 Å².